The van der Waals surface area contributed by atoms with Gasteiger partial charge in [-0.1, -0.05) is 6.07 Å². The third-order valence-corrected chi connectivity index (χ3v) is 2.94. The van der Waals surface area contributed by atoms with Gasteiger partial charge in [-0.2, -0.15) is 0 Å². The maximum atomic E-state index is 13.0. The first-order valence-corrected chi connectivity index (χ1v) is 5.91. The largest absolute Gasteiger partial charge is 0.399 e. The molecule has 0 aliphatic heterocycles. The number of hydrogen-bond acceptors (Lipinski definition) is 2. The number of nitrogens with one attached hydrogen (secondary N) is 1. The Kier molecular flexibility index (Phi) is 3.51. The average Bonchev–Trinajstić information content (AvgIpc) is 2.35. The quantitative estimate of drug-likeness (QED) is 0.812. The molecule has 0 bridgehead atoms. The third-order valence-electron chi connectivity index (χ3n) is 2.94. The number of amides is 1. The number of rotatable bonds is 2. The van der Waals surface area contributed by atoms with E-state index in [1.807, 2.05) is 6.92 Å². The summed E-state index contributed by atoms with van der Waals surface area (Å²) >= 11 is 0. The number of nitrogen functional groups attached to an aromatic ring is 1. The van der Waals surface area contributed by atoms with E-state index in [9.17, 15) is 9.18 Å². The van der Waals surface area contributed by atoms with E-state index in [-0.39, 0.29) is 11.7 Å². The number of hydrogen-bond donors (Lipinski definition) is 2. The van der Waals surface area contributed by atoms with Gasteiger partial charge >= 0.3 is 0 Å². The van der Waals surface area contributed by atoms with Crippen molar-refractivity contribution >= 4 is 17.3 Å². The summed E-state index contributed by atoms with van der Waals surface area (Å²) in [5.41, 5.74) is 8.84. The van der Waals surface area contributed by atoms with E-state index in [1.54, 1.807) is 31.2 Å². The molecule has 0 aromatic heterocycles. The molecule has 4 heteroatoms. The minimum Gasteiger partial charge on any atom is -0.399 e. The van der Waals surface area contributed by atoms with Gasteiger partial charge in [0.25, 0.3) is 5.91 Å². The van der Waals surface area contributed by atoms with Crippen molar-refractivity contribution in [2.75, 3.05) is 11.1 Å². The Balaban J connectivity index is 2.28. The van der Waals surface area contributed by atoms with Crippen molar-refractivity contribution in [1.82, 2.24) is 0 Å². The standard InChI is InChI=1S/C15H15FN2O/c1-9-3-5-12(17)8-13(9)15(19)18-14-6-4-11(16)7-10(14)2/h3-8H,17H2,1-2H3,(H,18,19). The van der Waals surface area contributed by atoms with Crippen LogP contribution in [0.2, 0.25) is 0 Å². The van der Waals surface area contributed by atoms with E-state index in [2.05, 4.69) is 5.32 Å². The van der Waals surface area contributed by atoms with E-state index in [4.69, 9.17) is 5.73 Å². The van der Waals surface area contributed by atoms with Crippen LogP contribution in [0, 0.1) is 19.7 Å². The molecule has 98 valence electrons. The molecule has 3 N–H and O–H groups in total. The van der Waals surface area contributed by atoms with E-state index < -0.39 is 0 Å². The first kappa shape index (κ1) is 13.1. The lowest BCUT2D eigenvalue weighted by molar-refractivity contribution is 0.102. The zero-order valence-electron chi connectivity index (χ0n) is 10.8. The number of benzene rings is 2. The highest BCUT2D eigenvalue weighted by Gasteiger charge is 2.11. The second kappa shape index (κ2) is 5.10. The molecular weight excluding hydrogens is 243 g/mol. The van der Waals surface area contributed by atoms with Crippen LogP contribution in [0.15, 0.2) is 36.4 Å². The topological polar surface area (TPSA) is 55.1 Å². The van der Waals surface area contributed by atoms with Gasteiger partial charge in [0.1, 0.15) is 5.82 Å². The van der Waals surface area contributed by atoms with E-state index in [0.717, 1.165) is 5.56 Å². The van der Waals surface area contributed by atoms with Gasteiger partial charge in [0.15, 0.2) is 0 Å². The molecule has 0 saturated heterocycles. The van der Waals surface area contributed by atoms with Gasteiger partial charge in [-0.05, 0) is 55.3 Å². The SMILES string of the molecule is Cc1cc(F)ccc1NC(=O)c1cc(N)ccc1C. The van der Waals surface area contributed by atoms with Crippen LogP contribution in [-0.2, 0) is 0 Å². The Bertz CT molecular complexity index is 638. The Labute approximate surface area is 111 Å². The molecule has 2 aromatic rings. The summed E-state index contributed by atoms with van der Waals surface area (Å²) in [4.78, 5) is 12.2. The zero-order chi connectivity index (χ0) is 14.0. The molecular formula is C15H15FN2O. The molecule has 0 radical (unpaired) electrons. The monoisotopic (exact) mass is 258 g/mol. The summed E-state index contributed by atoms with van der Waals surface area (Å²) in [6.07, 6.45) is 0. The van der Waals surface area contributed by atoms with Gasteiger partial charge in [0.05, 0.1) is 0 Å². The highest BCUT2D eigenvalue weighted by atomic mass is 19.1. The van der Waals surface area contributed by atoms with Gasteiger partial charge in [-0.15, -0.1) is 0 Å². The summed E-state index contributed by atoms with van der Waals surface area (Å²) in [5.74, 6) is -0.574. The van der Waals surface area contributed by atoms with Crippen LogP contribution < -0.4 is 11.1 Å². The molecule has 0 unspecified atom stereocenters. The van der Waals surface area contributed by atoms with Gasteiger partial charge < -0.3 is 11.1 Å². The fraction of sp³-hybridized carbons (Fsp3) is 0.133. The third kappa shape index (κ3) is 2.91. The van der Waals surface area contributed by atoms with Crippen molar-refractivity contribution in [2.45, 2.75) is 13.8 Å². The Morgan fingerprint density at radius 2 is 1.84 bits per heavy atom. The second-order valence-corrected chi connectivity index (χ2v) is 4.49. The van der Waals surface area contributed by atoms with Gasteiger partial charge in [0.2, 0.25) is 0 Å². The van der Waals surface area contributed by atoms with E-state index in [1.165, 1.54) is 12.1 Å². The molecule has 0 fully saturated rings. The molecule has 2 aromatic carbocycles. The van der Waals surface area contributed by atoms with Crippen LogP contribution in [0.1, 0.15) is 21.5 Å². The van der Waals surface area contributed by atoms with Crippen LogP contribution in [-0.4, -0.2) is 5.91 Å². The van der Waals surface area contributed by atoms with Crippen molar-refractivity contribution in [1.29, 1.82) is 0 Å². The first-order chi connectivity index (χ1) is 8.97. The van der Waals surface area contributed by atoms with Crippen molar-refractivity contribution in [3.63, 3.8) is 0 Å². The lowest BCUT2D eigenvalue weighted by Gasteiger charge is -2.10. The molecule has 0 atom stereocenters. The average molecular weight is 258 g/mol. The highest BCUT2D eigenvalue weighted by molar-refractivity contribution is 6.06. The maximum absolute atomic E-state index is 13.0. The van der Waals surface area contributed by atoms with Crippen LogP contribution in [0.3, 0.4) is 0 Å². The molecule has 19 heavy (non-hydrogen) atoms. The van der Waals surface area contributed by atoms with Crippen molar-refractivity contribution < 1.29 is 9.18 Å². The minimum absolute atomic E-state index is 0.250. The summed E-state index contributed by atoms with van der Waals surface area (Å²) < 4.78 is 13.0. The Morgan fingerprint density at radius 1 is 1.11 bits per heavy atom. The molecule has 0 aliphatic carbocycles. The van der Waals surface area contributed by atoms with Crippen molar-refractivity contribution in [2.24, 2.45) is 0 Å². The smallest absolute Gasteiger partial charge is 0.256 e. The predicted molar refractivity (Wildman–Crippen MR) is 74.7 cm³/mol. The van der Waals surface area contributed by atoms with Crippen molar-refractivity contribution in [3.8, 4) is 0 Å². The molecule has 3 nitrogen and oxygen atoms in total. The summed E-state index contributed by atoms with van der Waals surface area (Å²) in [7, 11) is 0. The van der Waals surface area contributed by atoms with Crippen LogP contribution in [0.5, 0.6) is 0 Å². The van der Waals surface area contributed by atoms with Gasteiger partial charge in [0, 0.05) is 16.9 Å². The predicted octanol–water partition coefficient (Wildman–Crippen LogP) is 3.28. The highest BCUT2D eigenvalue weighted by Crippen LogP contribution is 2.19. The lowest BCUT2D eigenvalue weighted by atomic mass is 10.1. The first-order valence-electron chi connectivity index (χ1n) is 5.91. The molecule has 1 amide bonds. The number of carbonyl (C=O) groups excluding carboxylic acids is 1. The fourth-order valence-corrected chi connectivity index (χ4v) is 1.84. The maximum Gasteiger partial charge on any atom is 0.256 e. The summed E-state index contributed by atoms with van der Waals surface area (Å²) in [6, 6.07) is 9.40. The summed E-state index contributed by atoms with van der Waals surface area (Å²) in [6.45, 7) is 3.58. The lowest BCUT2D eigenvalue weighted by Crippen LogP contribution is -2.14. The normalized spacial score (nSPS) is 10.3. The van der Waals surface area contributed by atoms with Crippen molar-refractivity contribution in [3.05, 3.63) is 58.9 Å². The van der Waals surface area contributed by atoms with Crippen LogP contribution >= 0.6 is 0 Å². The number of anilines is 2. The molecule has 0 saturated carbocycles. The Hall–Kier alpha value is -2.36. The fourth-order valence-electron chi connectivity index (χ4n) is 1.84. The molecule has 0 aliphatic rings. The number of aryl methyl sites for hydroxylation is 2. The molecule has 2 rings (SSSR count). The molecule has 0 heterocycles. The number of halogens is 1. The Morgan fingerprint density at radius 3 is 2.53 bits per heavy atom. The number of carbonyl (C=O) groups is 1. The van der Waals surface area contributed by atoms with E-state index >= 15 is 0 Å². The number of nitrogens with two attached hydrogens (primary N) is 1. The van der Waals surface area contributed by atoms with Gasteiger partial charge in [-0.3, -0.25) is 4.79 Å². The second-order valence-electron chi connectivity index (χ2n) is 4.49. The summed E-state index contributed by atoms with van der Waals surface area (Å²) in [5, 5.41) is 2.76. The minimum atomic E-state index is -0.323. The van der Waals surface area contributed by atoms with Crippen LogP contribution in [0.25, 0.3) is 0 Å². The van der Waals surface area contributed by atoms with Crippen LogP contribution in [0.4, 0.5) is 15.8 Å². The van der Waals surface area contributed by atoms with Gasteiger partial charge in [-0.25, -0.2) is 4.39 Å². The zero-order valence-corrected chi connectivity index (χ0v) is 10.8. The van der Waals surface area contributed by atoms with E-state index in [0.29, 0.717) is 22.5 Å². The molecule has 0 spiro atoms.